The summed E-state index contributed by atoms with van der Waals surface area (Å²) >= 11 is 0. The van der Waals surface area contributed by atoms with Crippen molar-refractivity contribution in [1.82, 2.24) is 19.0 Å². The number of pyridine rings is 1. The highest BCUT2D eigenvalue weighted by Gasteiger charge is 2.19. The molecule has 7 rings (SSSR count). The van der Waals surface area contributed by atoms with Crippen molar-refractivity contribution >= 4 is 16.9 Å². The number of halogens is 1. The van der Waals surface area contributed by atoms with E-state index in [9.17, 15) is 4.39 Å². The van der Waals surface area contributed by atoms with E-state index in [1.54, 1.807) is 12.1 Å². The van der Waals surface area contributed by atoms with E-state index in [2.05, 4.69) is 88.7 Å². The highest BCUT2D eigenvalue weighted by atomic mass is 19.1. The minimum Gasteiger partial charge on any atom is -0.494 e. The van der Waals surface area contributed by atoms with Gasteiger partial charge in [0.15, 0.2) is 0 Å². The van der Waals surface area contributed by atoms with E-state index in [0.717, 1.165) is 61.6 Å². The predicted octanol–water partition coefficient (Wildman–Crippen LogP) is 6.96. The van der Waals surface area contributed by atoms with Crippen LogP contribution in [0.15, 0.2) is 121 Å². The Morgan fingerprint density at radius 1 is 0.702 bits per heavy atom. The molecule has 1 aliphatic heterocycles. The summed E-state index contributed by atoms with van der Waals surface area (Å²) in [5.74, 6) is 1.37. The van der Waals surface area contributed by atoms with Crippen molar-refractivity contribution in [3.8, 4) is 16.9 Å². The van der Waals surface area contributed by atoms with Gasteiger partial charge in [0.2, 0.25) is 5.62 Å². The fourth-order valence-electron chi connectivity index (χ4n) is 6.44. The van der Waals surface area contributed by atoms with E-state index in [1.165, 1.54) is 28.8 Å². The fraction of sp³-hybridized carbons (Fsp3) is 0.231. The van der Waals surface area contributed by atoms with E-state index in [-0.39, 0.29) is 5.82 Å². The zero-order valence-corrected chi connectivity index (χ0v) is 26.4. The average molecular weight is 627 g/mol. The summed E-state index contributed by atoms with van der Waals surface area (Å²) in [4.78, 5) is 9.76. The molecule has 0 unspecified atom stereocenters. The molecule has 0 bridgehead atoms. The maximum Gasteiger partial charge on any atom is 0.203 e. The van der Waals surface area contributed by atoms with Gasteiger partial charge in [-0.15, -0.1) is 0 Å². The van der Waals surface area contributed by atoms with Crippen molar-refractivity contribution in [1.29, 1.82) is 5.41 Å². The SMILES string of the molecule is N=c1n(CCCOc2ccc(F)cc2)c2ccccc2n1Cc1ccc(N2CCN(Cc3ccccc3-c3ccccc3)CC2)nc1. The summed E-state index contributed by atoms with van der Waals surface area (Å²) in [5.41, 5.74) is 7.48. The molecule has 7 nitrogen and oxygen atoms in total. The Bertz CT molecular complexity index is 1980. The first-order valence-electron chi connectivity index (χ1n) is 16.3. The Hall–Kier alpha value is -5.21. The smallest absolute Gasteiger partial charge is 0.203 e. The summed E-state index contributed by atoms with van der Waals surface area (Å²) in [6.07, 6.45) is 2.68. The number of rotatable bonds is 11. The fourth-order valence-corrected chi connectivity index (χ4v) is 6.44. The zero-order chi connectivity index (χ0) is 32.0. The minimum absolute atomic E-state index is 0.278. The number of fused-ring (bicyclic) bond motifs is 1. The number of piperazine rings is 1. The molecule has 1 fully saturated rings. The highest BCUT2D eigenvalue weighted by molar-refractivity contribution is 5.76. The van der Waals surface area contributed by atoms with Crippen LogP contribution in [0.1, 0.15) is 17.5 Å². The number of nitrogens with one attached hydrogen (secondary N) is 1. The minimum atomic E-state index is -0.278. The summed E-state index contributed by atoms with van der Waals surface area (Å²) in [7, 11) is 0. The number of aryl methyl sites for hydroxylation is 1. The average Bonchev–Trinajstić information content (AvgIpc) is 3.38. The normalized spacial score (nSPS) is 13.7. The first-order valence-corrected chi connectivity index (χ1v) is 16.3. The molecule has 47 heavy (non-hydrogen) atoms. The number of para-hydroxylation sites is 2. The lowest BCUT2D eigenvalue weighted by Crippen LogP contribution is -2.46. The third-order valence-corrected chi connectivity index (χ3v) is 8.93. The van der Waals surface area contributed by atoms with Crippen LogP contribution >= 0.6 is 0 Å². The van der Waals surface area contributed by atoms with Gasteiger partial charge >= 0.3 is 0 Å². The second-order valence-electron chi connectivity index (χ2n) is 12.0. The van der Waals surface area contributed by atoms with Crippen LogP contribution in [0.5, 0.6) is 5.75 Å². The van der Waals surface area contributed by atoms with Crippen LogP contribution in [0.2, 0.25) is 0 Å². The maximum absolute atomic E-state index is 13.2. The number of ether oxygens (including phenoxy) is 1. The van der Waals surface area contributed by atoms with Gasteiger partial charge in [0, 0.05) is 45.5 Å². The van der Waals surface area contributed by atoms with Gasteiger partial charge in [-0.25, -0.2) is 9.37 Å². The number of nitrogens with zero attached hydrogens (tertiary/aromatic N) is 5. The molecule has 4 aromatic carbocycles. The lowest BCUT2D eigenvalue weighted by Gasteiger charge is -2.35. The van der Waals surface area contributed by atoms with Crippen LogP contribution in [0.3, 0.4) is 0 Å². The third-order valence-electron chi connectivity index (χ3n) is 8.93. The van der Waals surface area contributed by atoms with E-state index < -0.39 is 0 Å². The van der Waals surface area contributed by atoms with Crippen LogP contribution in [-0.4, -0.2) is 51.8 Å². The molecule has 8 heteroatoms. The van der Waals surface area contributed by atoms with E-state index in [1.807, 2.05) is 27.5 Å². The first kappa shape index (κ1) is 30.4. The van der Waals surface area contributed by atoms with E-state index >= 15 is 0 Å². The molecule has 2 aromatic heterocycles. The molecule has 6 aromatic rings. The Morgan fingerprint density at radius 3 is 2.15 bits per heavy atom. The van der Waals surface area contributed by atoms with Crippen molar-refractivity contribution < 1.29 is 9.13 Å². The number of benzene rings is 4. The van der Waals surface area contributed by atoms with Gasteiger partial charge in [0.25, 0.3) is 0 Å². The summed E-state index contributed by atoms with van der Waals surface area (Å²) < 4.78 is 23.1. The van der Waals surface area contributed by atoms with Gasteiger partial charge in [-0.2, -0.15) is 0 Å². The van der Waals surface area contributed by atoms with Crippen molar-refractivity contribution in [3.63, 3.8) is 0 Å². The van der Waals surface area contributed by atoms with Crippen LogP contribution in [0, 0.1) is 11.2 Å². The molecule has 0 amide bonds. The molecular formula is C39H39FN6O. The third kappa shape index (κ3) is 6.98. The van der Waals surface area contributed by atoms with Crippen LogP contribution < -0.4 is 15.3 Å². The molecule has 0 radical (unpaired) electrons. The number of aromatic nitrogens is 3. The molecule has 1 saturated heterocycles. The monoisotopic (exact) mass is 626 g/mol. The van der Waals surface area contributed by atoms with Gasteiger partial charge in [-0.3, -0.25) is 10.3 Å². The molecule has 0 atom stereocenters. The van der Waals surface area contributed by atoms with Gasteiger partial charge in [-0.05, 0) is 71.1 Å². The Morgan fingerprint density at radius 2 is 1.40 bits per heavy atom. The predicted molar refractivity (Wildman–Crippen MR) is 185 cm³/mol. The highest BCUT2D eigenvalue weighted by Crippen LogP contribution is 2.25. The van der Waals surface area contributed by atoms with Crippen LogP contribution in [-0.2, 0) is 19.6 Å². The molecule has 1 aliphatic rings. The topological polar surface area (TPSA) is 62.3 Å². The van der Waals surface area contributed by atoms with Crippen molar-refractivity contribution in [2.45, 2.75) is 26.1 Å². The van der Waals surface area contributed by atoms with E-state index in [4.69, 9.17) is 15.1 Å². The molecular weight excluding hydrogens is 587 g/mol. The Balaban J connectivity index is 0.968. The number of anilines is 1. The number of hydrogen-bond acceptors (Lipinski definition) is 5. The maximum atomic E-state index is 13.2. The molecule has 0 saturated carbocycles. The van der Waals surface area contributed by atoms with E-state index in [0.29, 0.717) is 31.1 Å². The standard InChI is InChI=1S/C39H39FN6O/c40-33-16-18-34(19-17-33)47-26-8-21-45-36-13-6-7-14-37(36)46(39(45)41)28-30-15-20-38(42-27-30)44-24-22-43(23-25-44)29-32-11-4-5-12-35(32)31-9-2-1-3-10-31/h1-7,9-20,27,41H,8,21-26,28-29H2. The summed E-state index contributed by atoms with van der Waals surface area (Å²) in [5, 5.41) is 9.02. The van der Waals surface area contributed by atoms with Crippen molar-refractivity contribution in [2.75, 3.05) is 37.7 Å². The van der Waals surface area contributed by atoms with Crippen molar-refractivity contribution in [2.24, 2.45) is 0 Å². The van der Waals surface area contributed by atoms with Crippen LogP contribution in [0.25, 0.3) is 22.2 Å². The second kappa shape index (κ2) is 14.1. The Kier molecular flexibility index (Phi) is 9.10. The van der Waals surface area contributed by atoms with Gasteiger partial charge in [-0.1, -0.05) is 72.8 Å². The van der Waals surface area contributed by atoms with Crippen LogP contribution in [0.4, 0.5) is 10.2 Å². The quantitative estimate of drug-likeness (QED) is 0.158. The molecule has 0 spiro atoms. The van der Waals surface area contributed by atoms with Crippen molar-refractivity contribution in [3.05, 3.63) is 144 Å². The van der Waals surface area contributed by atoms with Gasteiger partial charge in [0.1, 0.15) is 17.4 Å². The molecule has 1 N–H and O–H groups in total. The van der Waals surface area contributed by atoms with Gasteiger partial charge in [0.05, 0.1) is 24.2 Å². The zero-order valence-electron chi connectivity index (χ0n) is 26.4. The second-order valence-corrected chi connectivity index (χ2v) is 12.0. The molecule has 3 heterocycles. The summed E-state index contributed by atoms with van der Waals surface area (Å²) in [6, 6.07) is 37.8. The first-order chi connectivity index (χ1) is 23.1. The molecule has 238 valence electrons. The van der Waals surface area contributed by atoms with Gasteiger partial charge < -0.3 is 18.8 Å². The Labute approximate surface area is 274 Å². The number of imidazole rings is 1. The lowest BCUT2D eigenvalue weighted by atomic mass is 9.99. The molecule has 0 aliphatic carbocycles. The summed E-state index contributed by atoms with van der Waals surface area (Å²) in [6.45, 7) is 6.48. The lowest BCUT2D eigenvalue weighted by molar-refractivity contribution is 0.249. The largest absolute Gasteiger partial charge is 0.494 e. The number of hydrogen-bond donors (Lipinski definition) is 1.